The molecule has 1 atom stereocenters. The van der Waals surface area contributed by atoms with Crippen LogP contribution >= 0.6 is 11.6 Å². The lowest BCUT2D eigenvalue weighted by Crippen LogP contribution is -2.39. The molecule has 4 amide bonds. The normalized spacial score (nSPS) is 19.5. The van der Waals surface area contributed by atoms with E-state index in [1.165, 1.54) is 0 Å². The second-order valence-corrected chi connectivity index (χ2v) is 4.88. The molecular weight excluding hydrogens is 354 g/mol. The van der Waals surface area contributed by atoms with Crippen molar-refractivity contribution < 1.29 is 14.3 Å². The van der Waals surface area contributed by atoms with Gasteiger partial charge in [-0.15, -0.1) is 0 Å². The van der Waals surface area contributed by atoms with Gasteiger partial charge in [0.15, 0.2) is 11.8 Å². The molecule has 12 nitrogen and oxygen atoms in total. The van der Waals surface area contributed by atoms with Crippen LogP contribution in [0, 0.1) is 5.41 Å². The molecule has 0 saturated carbocycles. The van der Waals surface area contributed by atoms with Crippen molar-refractivity contribution in [1.29, 1.82) is 5.41 Å². The number of hydrazone groups is 2. The van der Waals surface area contributed by atoms with E-state index in [1.54, 1.807) is 29.7 Å². The van der Waals surface area contributed by atoms with Crippen LogP contribution in [-0.4, -0.2) is 29.4 Å². The zero-order valence-corrected chi connectivity index (χ0v) is 13.3. The summed E-state index contributed by atoms with van der Waals surface area (Å²) in [6.07, 6.45) is -0.930. The van der Waals surface area contributed by atoms with Crippen LogP contribution in [0.3, 0.4) is 0 Å². The predicted octanol–water partition coefficient (Wildman–Crippen LogP) is -0.554. The van der Waals surface area contributed by atoms with E-state index in [0.717, 1.165) is 0 Å². The fourth-order valence-electron chi connectivity index (χ4n) is 1.87. The Labute approximate surface area is 146 Å². The highest BCUT2D eigenvalue weighted by atomic mass is 35.5. The summed E-state index contributed by atoms with van der Waals surface area (Å²) in [6.45, 7) is 0. The van der Waals surface area contributed by atoms with Crippen LogP contribution in [0.1, 0.15) is 11.7 Å². The molecule has 0 radical (unpaired) electrons. The van der Waals surface area contributed by atoms with E-state index < -0.39 is 24.1 Å². The molecule has 25 heavy (non-hydrogen) atoms. The summed E-state index contributed by atoms with van der Waals surface area (Å²) < 4.78 is 5.42. The van der Waals surface area contributed by atoms with Crippen molar-refractivity contribution >= 4 is 41.0 Å². The first-order chi connectivity index (χ1) is 12.0. The van der Waals surface area contributed by atoms with Gasteiger partial charge in [0.25, 0.3) is 0 Å². The van der Waals surface area contributed by atoms with Gasteiger partial charge in [-0.3, -0.25) is 16.3 Å². The summed E-state index contributed by atoms with van der Waals surface area (Å²) in [5, 5.41) is 15.8. The summed E-state index contributed by atoms with van der Waals surface area (Å²) in [4.78, 5) is 22.4. The minimum absolute atomic E-state index is 0.0269. The second kappa shape index (κ2) is 8.05. The maximum absolute atomic E-state index is 11.3. The van der Waals surface area contributed by atoms with E-state index in [-0.39, 0.29) is 11.4 Å². The number of ether oxygens (including phenoxy) is 1. The molecule has 13 heteroatoms. The van der Waals surface area contributed by atoms with Crippen LogP contribution in [0.5, 0.6) is 0 Å². The highest BCUT2D eigenvalue weighted by Gasteiger charge is 2.38. The third-order valence-corrected chi connectivity index (χ3v) is 3.28. The number of halogens is 1. The average molecular weight is 368 g/mol. The Kier molecular flexibility index (Phi) is 5.84. The van der Waals surface area contributed by atoms with Gasteiger partial charge in [-0.1, -0.05) is 29.8 Å². The van der Waals surface area contributed by atoms with Crippen LogP contribution in [0.4, 0.5) is 9.59 Å². The van der Waals surface area contributed by atoms with Crippen molar-refractivity contribution in [2.24, 2.45) is 21.9 Å². The van der Waals surface area contributed by atoms with Crippen molar-refractivity contribution in [2.75, 3.05) is 0 Å². The number of amides is 4. The molecule has 0 unspecified atom stereocenters. The van der Waals surface area contributed by atoms with Gasteiger partial charge < -0.3 is 4.74 Å². The van der Waals surface area contributed by atoms with Gasteiger partial charge in [0, 0.05) is 10.6 Å². The summed E-state index contributed by atoms with van der Waals surface area (Å²) in [6, 6.07) is 5.06. The lowest BCUT2D eigenvalue weighted by Gasteiger charge is -2.12. The first kappa shape index (κ1) is 18.1. The van der Waals surface area contributed by atoms with Crippen molar-refractivity contribution in [3.8, 4) is 0 Å². The van der Waals surface area contributed by atoms with Gasteiger partial charge in [0.05, 0.1) is 0 Å². The summed E-state index contributed by atoms with van der Waals surface area (Å²) >= 11 is 6.14. The highest BCUT2D eigenvalue weighted by Crippen LogP contribution is 2.31. The predicted molar refractivity (Wildman–Crippen MR) is 89.6 cm³/mol. The van der Waals surface area contributed by atoms with Crippen molar-refractivity contribution in [2.45, 2.75) is 6.10 Å². The van der Waals surface area contributed by atoms with Crippen LogP contribution in [0.15, 0.2) is 34.5 Å². The third-order valence-electron chi connectivity index (χ3n) is 2.94. The maximum Gasteiger partial charge on any atom is 0.349 e. The summed E-state index contributed by atoms with van der Waals surface area (Å²) in [5.41, 5.74) is 8.16. The quantitative estimate of drug-likeness (QED) is 0.213. The molecule has 0 aliphatic carbocycles. The van der Waals surface area contributed by atoms with E-state index in [0.29, 0.717) is 10.6 Å². The molecule has 2 rings (SSSR count). The van der Waals surface area contributed by atoms with Gasteiger partial charge in [-0.2, -0.15) is 10.2 Å². The van der Waals surface area contributed by atoms with Crippen LogP contribution < -0.4 is 33.4 Å². The molecule has 132 valence electrons. The molecule has 1 saturated heterocycles. The number of hydrogen-bond acceptors (Lipinski definition) is 8. The number of hydrogen-bond donors (Lipinski definition) is 7. The minimum atomic E-state index is -0.930. The minimum Gasteiger partial charge on any atom is -0.461 e. The SMILES string of the molecule is N=C1O[C@H](c2ccccc2Cl)C(=N/NC(=O)NN)/C1=N/NC(=O)NN. The average Bonchev–Trinajstić information content (AvgIpc) is 2.93. The molecule has 1 aliphatic heterocycles. The largest absolute Gasteiger partial charge is 0.461 e. The van der Waals surface area contributed by atoms with E-state index in [9.17, 15) is 9.59 Å². The second-order valence-electron chi connectivity index (χ2n) is 4.48. The zero-order chi connectivity index (χ0) is 18.4. The monoisotopic (exact) mass is 367 g/mol. The van der Waals surface area contributed by atoms with Crippen molar-refractivity contribution in [3.05, 3.63) is 34.9 Å². The smallest absolute Gasteiger partial charge is 0.349 e. The van der Waals surface area contributed by atoms with E-state index in [2.05, 4.69) is 15.6 Å². The standard InChI is InChI=1S/C12H14ClN9O3/c13-6-4-2-1-3-5(6)9-7(19-21-11(23)17-15)8(10(14)25-9)20-22-12(24)18-16/h1-4,9,14H,15-16H2,(H2,17,21,23)(H2,18,22,24)/b14-10?,19-7+,20-8-/t9-/m1/s1. The Morgan fingerprint density at radius 2 is 1.72 bits per heavy atom. The number of nitrogens with one attached hydrogen (secondary N) is 5. The van der Waals surface area contributed by atoms with Crippen molar-refractivity contribution in [3.63, 3.8) is 0 Å². The Morgan fingerprint density at radius 3 is 2.32 bits per heavy atom. The number of nitrogens with two attached hydrogens (primary N) is 2. The summed E-state index contributed by atoms with van der Waals surface area (Å²) in [5.74, 6) is 9.51. The number of carbonyl (C=O) groups excluding carboxylic acids is 2. The van der Waals surface area contributed by atoms with Gasteiger partial charge >= 0.3 is 12.1 Å². The molecule has 1 aromatic carbocycles. The topological polar surface area (TPSA) is 192 Å². The molecule has 9 N–H and O–H groups in total. The van der Waals surface area contributed by atoms with Gasteiger partial charge in [-0.05, 0) is 6.07 Å². The number of carbonyl (C=O) groups is 2. The molecule has 1 heterocycles. The first-order valence-electron chi connectivity index (χ1n) is 6.66. The fourth-order valence-corrected chi connectivity index (χ4v) is 2.11. The lowest BCUT2D eigenvalue weighted by molar-refractivity contribution is 0.240. The molecular formula is C12H14ClN9O3. The van der Waals surface area contributed by atoms with E-state index >= 15 is 0 Å². The molecule has 1 aliphatic rings. The Bertz CT molecular complexity index is 764. The fraction of sp³-hybridized carbons (Fsp3) is 0.0833. The van der Waals surface area contributed by atoms with E-state index in [1.807, 2.05) is 10.9 Å². The number of hydrazine groups is 2. The Morgan fingerprint density at radius 1 is 1.12 bits per heavy atom. The molecule has 0 bridgehead atoms. The van der Waals surface area contributed by atoms with Gasteiger partial charge in [-0.25, -0.2) is 32.1 Å². The van der Waals surface area contributed by atoms with Crippen LogP contribution in [0.25, 0.3) is 0 Å². The van der Waals surface area contributed by atoms with Gasteiger partial charge in [0.2, 0.25) is 5.90 Å². The first-order valence-corrected chi connectivity index (χ1v) is 7.04. The summed E-state index contributed by atoms with van der Waals surface area (Å²) in [7, 11) is 0. The van der Waals surface area contributed by atoms with Crippen LogP contribution in [-0.2, 0) is 4.74 Å². The lowest BCUT2D eigenvalue weighted by atomic mass is 10.0. The third kappa shape index (κ3) is 4.20. The molecule has 0 spiro atoms. The molecule has 0 aromatic heterocycles. The number of benzene rings is 1. The highest BCUT2D eigenvalue weighted by molar-refractivity contribution is 6.69. The van der Waals surface area contributed by atoms with Crippen LogP contribution in [0.2, 0.25) is 5.02 Å². The van der Waals surface area contributed by atoms with Crippen molar-refractivity contribution in [1.82, 2.24) is 21.7 Å². The Hall–Kier alpha value is -3.22. The molecule has 1 aromatic rings. The Balaban J connectivity index is 2.42. The number of rotatable bonds is 3. The number of nitrogens with zero attached hydrogens (tertiary/aromatic N) is 2. The zero-order valence-electron chi connectivity index (χ0n) is 12.5. The maximum atomic E-state index is 11.3. The molecule has 1 fully saturated rings. The van der Waals surface area contributed by atoms with Gasteiger partial charge in [0.1, 0.15) is 5.71 Å². The number of urea groups is 2. The van der Waals surface area contributed by atoms with E-state index in [4.69, 9.17) is 33.4 Å².